The van der Waals surface area contributed by atoms with E-state index in [4.69, 9.17) is 20.8 Å². The number of carbonyl (C=O) groups is 1. The Balaban J connectivity index is 1.50. The minimum absolute atomic E-state index is 0.0820. The first-order valence-electron chi connectivity index (χ1n) is 12.5. The fourth-order valence-corrected chi connectivity index (χ4v) is 4.64. The highest BCUT2D eigenvalue weighted by molar-refractivity contribution is 5.96. The number of carbonyl (C=O) groups excluding carboxylic acids is 1. The van der Waals surface area contributed by atoms with Gasteiger partial charge >= 0.3 is 0 Å². The quantitative estimate of drug-likeness (QED) is 0.299. The molecule has 0 atom stereocenters. The van der Waals surface area contributed by atoms with Gasteiger partial charge in [0, 0.05) is 50.2 Å². The fourth-order valence-electron chi connectivity index (χ4n) is 4.64. The predicted octanol–water partition coefficient (Wildman–Crippen LogP) is 5.65. The summed E-state index contributed by atoms with van der Waals surface area (Å²) < 4.78 is 41.5. The molecule has 0 bridgehead atoms. The first kappa shape index (κ1) is 26.3. The number of nitrogens with zero attached hydrogens (tertiary/aromatic N) is 3. The number of likely N-dealkylation sites (N-methyl/N-ethyl adjacent to an activating group) is 1. The van der Waals surface area contributed by atoms with E-state index >= 15 is 8.78 Å². The lowest BCUT2D eigenvalue weighted by atomic mass is 10.0. The molecule has 0 radical (unpaired) electrons. The maximum Gasteiger partial charge on any atom is 0.253 e. The van der Waals surface area contributed by atoms with Crippen LogP contribution in [0.3, 0.4) is 0 Å². The summed E-state index contributed by atoms with van der Waals surface area (Å²) in [6, 6.07) is 10.7. The molecule has 200 valence electrons. The van der Waals surface area contributed by atoms with E-state index in [0.29, 0.717) is 35.7 Å². The lowest BCUT2D eigenvalue weighted by Gasteiger charge is -2.25. The molecule has 0 aliphatic carbocycles. The van der Waals surface area contributed by atoms with Crippen LogP contribution in [0.4, 0.5) is 20.2 Å². The number of hydrogen-bond acceptors (Lipinski definition) is 6. The molecular weight excluding hydrogens is 506 g/mol. The summed E-state index contributed by atoms with van der Waals surface area (Å²) in [5.74, 6) is -1.65. The van der Waals surface area contributed by atoms with Crippen molar-refractivity contribution in [3.05, 3.63) is 77.3 Å². The van der Waals surface area contributed by atoms with Gasteiger partial charge in [-0.2, -0.15) is 0 Å². The van der Waals surface area contributed by atoms with Crippen molar-refractivity contribution in [2.75, 3.05) is 38.7 Å². The number of ether oxygens (including phenoxy) is 1. The average Bonchev–Trinajstić information content (AvgIpc) is 3.37. The number of anilines is 1. The topological polar surface area (TPSA) is 92.2 Å². The van der Waals surface area contributed by atoms with Gasteiger partial charge in [-0.15, -0.1) is 0 Å². The largest absolute Gasteiger partial charge is 0.453 e. The predicted molar refractivity (Wildman–Crippen MR) is 143 cm³/mol. The Morgan fingerprint density at radius 1 is 1.18 bits per heavy atom. The van der Waals surface area contributed by atoms with Crippen LogP contribution in [-0.2, 0) is 4.74 Å². The summed E-state index contributed by atoms with van der Waals surface area (Å²) in [7, 11) is 1.51. The van der Waals surface area contributed by atoms with Crippen molar-refractivity contribution in [3.63, 3.8) is 0 Å². The number of pyridine rings is 1. The van der Waals surface area contributed by atoms with E-state index in [1.165, 1.54) is 30.1 Å². The van der Waals surface area contributed by atoms with Crippen molar-refractivity contribution in [1.82, 2.24) is 9.88 Å². The number of aromatic nitrogens is 1. The Hall–Kier alpha value is -4.33. The standard InChI is InChI=1S/C29H26F2N4O4/c1-32-24-14-17(4-6-23(24)34-19-7-11-38-12-8-19)27-22(31)16-33-25-15-26(39-28(25)27)20-5-3-18(13-21(20)30)29(37)35(2)9-10-36/h3-6,13-16,19,34,36H,7-12H2,2H3. The SMILES string of the molecule is [C-]#[N+]c1cc(-c2c(F)cnc3cc(-c4ccc(C(=O)N(C)CCO)cc4F)oc23)ccc1NC1CCOCC1. The van der Waals surface area contributed by atoms with Crippen LogP contribution in [0.15, 0.2) is 53.1 Å². The molecule has 39 heavy (non-hydrogen) atoms. The van der Waals surface area contributed by atoms with E-state index in [2.05, 4.69) is 15.1 Å². The van der Waals surface area contributed by atoms with Crippen LogP contribution < -0.4 is 5.32 Å². The smallest absolute Gasteiger partial charge is 0.253 e. The molecule has 1 aliphatic heterocycles. The number of fused-ring (bicyclic) bond motifs is 1. The van der Waals surface area contributed by atoms with Crippen LogP contribution in [0.2, 0.25) is 0 Å². The van der Waals surface area contributed by atoms with Crippen molar-refractivity contribution >= 4 is 28.4 Å². The summed E-state index contributed by atoms with van der Waals surface area (Å²) in [5, 5.41) is 12.4. The Morgan fingerprint density at radius 2 is 1.97 bits per heavy atom. The van der Waals surface area contributed by atoms with Crippen LogP contribution in [0.1, 0.15) is 23.2 Å². The van der Waals surface area contributed by atoms with Crippen LogP contribution >= 0.6 is 0 Å². The molecule has 2 aromatic carbocycles. The molecule has 0 unspecified atom stereocenters. The second kappa shape index (κ2) is 11.2. The number of amides is 1. The zero-order valence-corrected chi connectivity index (χ0v) is 21.2. The van der Waals surface area contributed by atoms with Crippen LogP contribution in [0.25, 0.3) is 38.4 Å². The molecule has 5 rings (SSSR count). The van der Waals surface area contributed by atoms with Gasteiger partial charge in [-0.25, -0.2) is 18.6 Å². The van der Waals surface area contributed by atoms with Gasteiger partial charge in [0.2, 0.25) is 5.69 Å². The van der Waals surface area contributed by atoms with Crippen molar-refractivity contribution < 1.29 is 27.8 Å². The molecule has 1 aliphatic rings. The minimum atomic E-state index is -0.696. The van der Waals surface area contributed by atoms with Gasteiger partial charge in [0.05, 0.1) is 30.5 Å². The molecule has 2 N–H and O–H groups in total. The maximum atomic E-state index is 15.1. The molecule has 1 fully saturated rings. The molecule has 8 nitrogen and oxygen atoms in total. The number of nitrogens with one attached hydrogen (secondary N) is 1. The van der Waals surface area contributed by atoms with Crippen LogP contribution in [0, 0.1) is 18.2 Å². The van der Waals surface area contributed by atoms with Crippen molar-refractivity contribution in [1.29, 1.82) is 0 Å². The highest BCUT2D eigenvalue weighted by Crippen LogP contribution is 2.39. The normalized spacial score (nSPS) is 13.8. The monoisotopic (exact) mass is 532 g/mol. The van der Waals surface area contributed by atoms with Gasteiger partial charge in [0.1, 0.15) is 17.1 Å². The lowest BCUT2D eigenvalue weighted by molar-refractivity contribution is 0.0766. The van der Waals surface area contributed by atoms with E-state index < -0.39 is 17.5 Å². The number of aliphatic hydroxyl groups is 1. The summed E-state index contributed by atoms with van der Waals surface area (Å²) >= 11 is 0. The van der Waals surface area contributed by atoms with E-state index in [1.807, 2.05) is 0 Å². The number of benzene rings is 2. The summed E-state index contributed by atoms with van der Waals surface area (Å²) in [6.07, 6.45) is 2.73. The van der Waals surface area contributed by atoms with Gasteiger partial charge in [-0.05, 0) is 48.7 Å². The van der Waals surface area contributed by atoms with Crippen LogP contribution in [0.5, 0.6) is 0 Å². The van der Waals surface area contributed by atoms with Crippen molar-refractivity contribution in [2.24, 2.45) is 0 Å². The molecule has 0 spiro atoms. The van der Waals surface area contributed by atoms with Gasteiger partial charge in [0.15, 0.2) is 11.4 Å². The van der Waals surface area contributed by atoms with Gasteiger partial charge in [0.25, 0.3) is 5.91 Å². The van der Waals surface area contributed by atoms with Gasteiger partial charge in [-0.1, -0.05) is 6.07 Å². The van der Waals surface area contributed by atoms with E-state index in [1.54, 1.807) is 18.2 Å². The summed E-state index contributed by atoms with van der Waals surface area (Å²) in [6.45, 7) is 8.89. The van der Waals surface area contributed by atoms with E-state index in [9.17, 15) is 4.79 Å². The first-order valence-corrected chi connectivity index (χ1v) is 12.5. The highest BCUT2D eigenvalue weighted by atomic mass is 19.1. The Morgan fingerprint density at radius 3 is 2.69 bits per heavy atom. The zero-order valence-electron chi connectivity index (χ0n) is 21.2. The van der Waals surface area contributed by atoms with E-state index in [-0.39, 0.29) is 47.2 Å². The van der Waals surface area contributed by atoms with Crippen LogP contribution in [-0.4, -0.2) is 60.4 Å². The molecule has 2 aromatic heterocycles. The molecule has 1 amide bonds. The molecule has 3 heterocycles. The number of aliphatic hydroxyl groups excluding tert-OH is 1. The minimum Gasteiger partial charge on any atom is -0.453 e. The second-order valence-electron chi connectivity index (χ2n) is 9.33. The molecule has 1 saturated heterocycles. The third-order valence-electron chi connectivity index (χ3n) is 6.75. The molecular formula is C29H26F2N4O4. The average molecular weight is 533 g/mol. The molecule has 0 saturated carbocycles. The second-order valence-corrected chi connectivity index (χ2v) is 9.33. The van der Waals surface area contributed by atoms with E-state index in [0.717, 1.165) is 25.1 Å². The first-order chi connectivity index (χ1) is 18.9. The number of furan rings is 1. The molecule has 10 heteroatoms. The Kier molecular flexibility index (Phi) is 7.54. The Bertz CT molecular complexity index is 1570. The van der Waals surface area contributed by atoms with Gasteiger partial charge < -0.3 is 24.5 Å². The third-order valence-corrected chi connectivity index (χ3v) is 6.75. The number of halogens is 2. The summed E-state index contributed by atoms with van der Waals surface area (Å²) in [4.78, 5) is 21.5. The third kappa shape index (κ3) is 5.32. The van der Waals surface area contributed by atoms with Gasteiger partial charge in [-0.3, -0.25) is 4.79 Å². The Labute approximate surface area is 223 Å². The summed E-state index contributed by atoms with van der Waals surface area (Å²) in [5.41, 5.74) is 2.18. The maximum absolute atomic E-state index is 15.1. The lowest BCUT2D eigenvalue weighted by Crippen LogP contribution is -2.29. The number of rotatable bonds is 7. The highest BCUT2D eigenvalue weighted by Gasteiger charge is 2.21. The van der Waals surface area contributed by atoms with Crippen molar-refractivity contribution in [2.45, 2.75) is 18.9 Å². The van der Waals surface area contributed by atoms with Crippen molar-refractivity contribution in [3.8, 4) is 22.5 Å². The zero-order chi connectivity index (χ0) is 27.5. The molecule has 4 aromatic rings. The number of hydrogen-bond donors (Lipinski definition) is 2. The fraction of sp³-hybridized carbons (Fsp3) is 0.276.